The number of aliphatic hydroxyl groups excluding tert-OH is 1. The lowest BCUT2D eigenvalue weighted by Crippen LogP contribution is -2.17. The van der Waals surface area contributed by atoms with Crippen molar-refractivity contribution in [2.75, 3.05) is 13.2 Å². The fourth-order valence-corrected chi connectivity index (χ4v) is 1.95. The quantitative estimate of drug-likeness (QED) is 0.720. The smallest absolute Gasteiger partial charge is 0.0795 e. The number of hydrogen-bond acceptors (Lipinski definition) is 3. The molecule has 0 radical (unpaired) electrons. The van der Waals surface area contributed by atoms with Crippen LogP contribution in [-0.4, -0.2) is 24.4 Å². The second-order valence-corrected chi connectivity index (χ2v) is 4.98. The van der Waals surface area contributed by atoms with Gasteiger partial charge in [-0.15, -0.1) is 0 Å². The molecule has 1 atom stereocenters. The highest BCUT2D eigenvalue weighted by atomic mass is 16.5. The van der Waals surface area contributed by atoms with E-state index >= 15 is 0 Å². The minimum Gasteiger partial charge on any atom is -0.391 e. The van der Waals surface area contributed by atoms with Crippen molar-refractivity contribution in [3.8, 4) is 0 Å². The summed E-state index contributed by atoms with van der Waals surface area (Å²) in [5.74, 6) is 0. The highest BCUT2D eigenvalue weighted by Crippen LogP contribution is 2.04. The first kappa shape index (κ1) is 15.7. The van der Waals surface area contributed by atoms with Crippen LogP contribution in [0.4, 0.5) is 0 Å². The number of rotatable bonds is 9. The van der Waals surface area contributed by atoms with Crippen LogP contribution in [-0.2, 0) is 22.7 Å². The predicted molar refractivity (Wildman–Crippen MR) is 82.8 cm³/mol. The van der Waals surface area contributed by atoms with Crippen molar-refractivity contribution >= 4 is 0 Å². The topological polar surface area (TPSA) is 38.7 Å². The summed E-state index contributed by atoms with van der Waals surface area (Å²) in [6.07, 6.45) is 0.103. The Kier molecular flexibility index (Phi) is 6.95. The highest BCUT2D eigenvalue weighted by Gasteiger charge is 2.04. The Morgan fingerprint density at radius 1 is 0.762 bits per heavy atom. The molecule has 0 fully saturated rings. The Bertz CT molecular complexity index is 484. The van der Waals surface area contributed by atoms with Gasteiger partial charge in [0.1, 0.15) is 0 Å². The molecule has 0 bridgehead atoms. The van der Waals surface area contributed by atoms with Gasteiger partial charge >= 0.3 is 0 Å². The fourth-order valence-electron chi connectivity index (χ4n) is 1.95. The molecule has 1 unspecified atom stereocenters. The van der Waals surface area contributed by atoms with Crippen LogP contribution in [0.2, 0.25) is 0 Å². The SMILES string of the molecule is OC(CCOCc1ccccc1)COCc1ccccc1. The Morgan fingerprint density at radius 3 is 1.86 bits per heavy atom. The minimum absolute atomic E-state index is 0.337. The van der Waals surface area contributed by atoms with Crippen LogP contribution >= 0.6 is 0 Å². The Balaban J connectivity index is 1.52. The molecule has 2 aromatic carbocycles. The summed E-state index contributed by atoms with van der Waals surface area (Å²) in [5.41, 5.74) is 2.26. The molecule has 3 heteroatoms. The van der Waals surface area contributed by atoms with Crippen molar-refractivity contribution in [2.45, 2.75) is 25.7 Å². The average Bonchev–Trinajstić information content (AvgIpc) is 2.54. The van der Waals surface area contributed by atoms with Crippen molar-refractivity contribution in [2.24, 2.45) is 0 Å². The first-order valence-corrected chi connectivity index (χ1v) is 7.26. The molecule has 2 aromatic rings. The van der Waals surface area contributed by atoms with E-state index in [9.17, 15) is 5.11 Å². The molecule has 21 heavy (non-hydrogen) atoms. The Labute approximate surface area is 126 Å². The monoisotopic (exact) mass is 286 g/mol. The van der Waals surface area contributed by atoms with Gasteiger partial charge in [0.2, 0.25) is 0 Å². The molecule has 0 amide bonds. The third-order valence-electron chi connectivity index (χ3n) is 3.13. The van der Waals surface area contributed by atoms with E-state index < -0.39 is 6.10 Å². The normalized spacial score (nSPS) is 12.2. The summed E-state index contributed by atoms with van der Waals surface area (Å²) >= 11 is 0. The maximum absolute atomic E-state index is 9.82. The lowest BCUT2D eigenvalue weighted by molar-refractivity contribution is 0.00522. The standard InChI is InChI=1S/C18H22O3/c19-18(15-21-14-17-9-5-2-6-10-17)11-12-20-13-16-7-3-1-4-8-16/h1-10,18-19H,11-15H2. The van der Waals surface area contributed by atoms with Crippen LogP contribution in [0.3, 0.4) is 0 Å². The fraction of sp³-hybridized carbons (Fsp3) is 0.333. The first-order valence-electron chi connectivity index (χ1n) is 7.26. The second kappa shape index (κ2) is 9.29. The van der Waals surface area contributed by atoms with Crippen molar-refractivity contribution < 1.29 is 14.6 Å². The van der Waals surface area contributed by atoms with Gasteiger partial charge in [0.15, 0.2) is 0 Å². The largest absolute Gasteiger partial charge is 0.391 e. The van der Waals surface area contributed by atoms with Gasteiger partial charge in [-0.3, -0.25) is 0 Å². The second-order valence-electron chi connectivity index (χ2n) is 4.98. The Hall–Kier alpha value is -1.68. The molecule has 0 saturated carbocycles. The molecule has 0 aliphatic carbocycles. The molecule has 0 aliphatic heterocycles. The molecule has 3 nitrogen and oxygen atoms in total. The zero-order chi connectivity index (χ0) is 14.8. The van der Waals surface area contributed by atoms with Gasteiger partial charge in [0, 0.05) is 6.61 Å². The molecular weight excluding hydrogens is 264 g/mol. The lowest BCUT2D eigenvalue weighted by atomic mass is 10.2. The average molecular weight is 286 g/mol. The third-order valence-corrected chi connectivity index (χ3v) is 3.13. The zero-order valence-electron chi connectivity index (χ0n) is 12.2. The molecule has 0 aliphatic rings. The van der Waals surface area contributed by atoms with E-state index in [1.54, 1.807) is 0 Å². The van der Waals surface area contributed by atoms with E-state index in [4.69, 9.17) is 9.47 Å². The van der Waals surface area contributed by atoms with Crippen LogP contribution in [0.1, 0.15) is 17.5 Å². The van der Waals surface area contributed by atoms with Crippen LogP contribution in [0.25, 0.3) is 0 Å². The lowest BCUT2D eigenvalue weighted by Gasteiger charge is -2.11. The van der Waals surface area contributed by atoms with Crippen LogP contribution in [0.5, 0.6) is 0 Å². The van der Waals surface area contributed by atoms with Gasteiger partial charge in [-0.1, -0.05) is 60.7 Å². The van der Waals surface area contributed by atoms with E-state index in [1.807, 2.05) is 60.7 Å². The number of hydrogen-bond donors (Lipinski definition) is 1. The molecule has 112 valence electrons. The van der Waals surface area contributed by atoms with Crippen LogP contribution < -0.4 is 0 Å². The van der Waals surface area contributed by atoms with Gasteiger partial charge in [0.25, 0.3) is 0 Å². The van der Waals surface area contributed by atoms with Crippen molar-refractivity contribution in [3.63, 3.8) is 0 Å². The van der Waals surface area contributed by atoms with E-state index in [-0.39, 0.29) is 0 Å². The predicted octanol–water partition coefficient (Wildman–Crippen LogP) is 3.17. The molecule has 0 saturated heterocycles. The van der Waals surface area contributed by atoms with Gasteiger partial charge in [-0.25, -0.2) is 0 Å². The van der Waals surface area contributed by atoms with Gasteiger partial charge in [-0.05, 0) is 17.5 Å². The maximum atomic E-state index is 9.82. The highest BCUT2D eigenvalue weighted by molar-refractivity contribution is 5.14. The maximum Gasteiger partial charge on any atom is 0.0795 e. The van der Waals surface area contributed by atoms with Crippen molar-refractivity contribution in [3.05, 3.63) is 71.8 Å². The summed E-state index contributed by atoms with van der Waals surface area (Å²) < 4.78 is 11.0. The van der Waals surface area contributed by atoms with Crippen LogP contribution in [0.15, 0.2) is 60.7 Å². The number of benzene rings is 2. The molecule has 0 spiro atoms. The minimum atomic E-state index is -0.482. The number of ether oxygens (including phenoxy) is 2. The molecule has 1 N–H and O–H groups in total. The summed E-state index contributed by atoms with van der Waals surface area (Å²) in [7, 11) is 0. The summed E-state index contributed by atoms with van der Waals surface area (Å²) in [6.45, 7) is 1.98. The van der Waals surface area contributed by atoms with E-state index in [2.05, 4.69) is 0 Å². The molecule has 2 rings (SSSR count). The van der Waals surface area contributed by atoms with Gasteiger partial charge in [-0.2, -0.15) is 0 Å². The van der Waals surface area contributed by atoms with E-state index in [0.717, 1.165) is 11.1 Å². The zero-order valence-corrected chi connectivity index (χ0v) is 12.2. The summed E-state index contributed by atoms with van der Waals surface area (Å²) in [6, 6.07) is 20.0. The Morgan fingerprint density at radius 2 is 1.29 bits per heavy atom. The van der Waals surface area contributed by atoms with Crippen molar-refractivity contribution in [1.82, 2.24) is 0 Å². The van der Waals surface area contributed by atoms with E-state index in [0.29, 0.717) is 32.8 Å². The van der Waals surface area contributed by atoms with Gasteiger partial charge < -0.3 is 14.6 Å². The summed E-state index contributed by atoms with van der Waals surface area (Å²) in [4.78, 5) is 0. The number of aliphatic hydroxyl groups is 1. The molecular formula is C18H22O3. The van der Waals surface area contributed by atoms with Gasteiger partial charge in [0.05, 0.1) is 25.9 Å². The molecule has 0 heterocycles. The molecule has 0 aromatic heterocycles. The summed E-state index contributed by atoms with van der Waals surface area (Å²) in [5, 5.41) is 9.82. The van der Waals surface area contributed by atoms with E-state index in [1.165, 1.54) is 0 Å². The van der Waals surface area contributed by atoms with Crippen molar-refractivity contribution in [1.29, 1.82) is 0 Å². The van der Waals surface area contributed by atoms with Crippen LogP contribution in [0, 0.1) is 0 Å². The first-order chi connectivity index (χ1) is 10.3. The third kappa shape index (κ3) is 6.54.